The van der Waals surface area contributed by atoms with Crippen molar-refractivity contribution in [3.8, 4) is 0 Å². The number of H-pyrrole nitrogens is 1. The van der Waals surface area contributed by atoms with Crippen LogP contribution in [0.2, 0.25) is 0 Å². The molecule has 2 fully saturated rings. The Hall–Kier alpha value is -1.09. The Labute approximate surface area is 110 Å². The predicted octanol–water partition coefficient (Wildman–Crippen LogP) is 1.81. The van der Waals surface area contributed by atoms with E-state index in [1.165, 1.54) is 57.5 Å². The second-order valence-electron chi connectivity index (χ2n) is 6.05. The Bertz CT molecular complexity index is 372. The molecule has 1 N–H and O–H groups in total. The molecule has 2 aliphatic heterocycles. The Kier molecular flexibility index (Phi) is 3.25. The van der Waals surface area contributed by atoms with Gasteiger partial charge in [-0.1, -0.05) is 0 Å². The molecule has 0 saturated carbocycles. The number of nitrogens with one attached hydrogen (secondary N) is 1. The summed E-state index contributed by atoms with van der Waals surface area (Å²) in [5.41, 5.74) is 2.03. The number of pyridine rings is 1. The van der Waals surface area contributed by atoms with E-state index in [-0.39, 0.29) is 0 Å². The van der Waals surface area contributed by atoms with Crippen molar-refractivity contribution in [2.75, 3.05) is 38.1 Å². The third-order valence-electron chi connectivity index (χ3n) is 4.94. The van der Waals surface area contributed by atoms with Crippen LogP contribution in [0.15, 0.2) is 24.5 Å². The molecule has 2 saturated heterocycles. The molecular formula is C15H24N3+. The van der Waals surface area contributed by atoms with Gasteiger partial charge in [0, 0.05) is 30.9 Å². The van der Waals surface area contributed by atoms with Crippen LogP contribution in [0.4, 0.5) is 5.69 Å². The van der Waals surface area contributed by atoms with Gasteiger partial charge < -0.3 is 9.80 Å². The van der Waals surface area contributed by atoms with E-state index >= 15 is 0 Å². The predicted molar refractivity (Wildman–Crippen MR) is 73.6 cm³/mol. The molecule has 0 amide bonds. The van der Waals surface area contributed by atoms with E-state index in [4.69, 9.17) is 0 Å². The highest BCUT2D eigenvalue weighted by molar-refractivity contribution is 5.44. The second kappa shape index (κ2) is 4.88. The smallest absolute Gasteiger partial charge is 0.169 e. The highest BCUT2D eigenvalue weighted by Crippen LogP contribution is 2.41. The number of anilines is 1. The third kappa shape index (κ3) is 2.37. The Morgan fingerprint density at radius 2 is 1.50 bits per heavy atom. The van der Waals surface area contributed by atoms with E-state index in [1.807, 2.05) is 12.4 Å². The summed E-state index contributed by atoms with van der Waals surface area (Å²) in [6, 6.07) is 4.37. The zero-order chi connectivity index (χ0) is 12.4. The molecule has 3 heteroatoms. The first kappa shape index (κ1) is 12.0. The standard InChI is InChI=1S/C15H23N3/c1-17-10-4-15(5-11-17)6-12-18(13-7-15)14-2-8-16-9-3-14/h2-3,8-9H,4-7,10-13H2,1H3/p+1. The van der Waals surface area contributed by atoms with Crippen LogP contribution in [0.25, 0.3) is 0 Å². The number of hydrogen-bond acceptors (Lipinski definition) is 2. The normalized spacial score (nSPS) is 24.4. The van der Waals surface area contributed by atoms with Crippen LogP contribution in [0.5, 0.6) is 0 Å². The number of hydrogen-bond donors (Lipinski definition) is 0. The molecular weight excluding hydrogens is 222 g/mol. The minimum atomic E-state index is 0.657. The average molecular weight is 246 g/mol. The number of aromatic nitrogens is 1. The molecule has 98 valence electrons. The van der Waals surface area contributed by atoms with E-state index in [2.05, 4.69) is 34.0 Å². The van der Waals surface area contributed by atoms with Crippen molar-refractivity contribution >= 4 is 5.69 Å². The lowest BCUT2D eigenvalue weighted by atomic mass is 9.71. The molecule has 3 nitrogen and oxygen atoms in total. The molecule has 1 aromatic rings. The fraction of sp³-hybridized carbons (Fsp3) is 0.667. The first-order chi connectivity index (χ1) is 8.77. The fourth-order valence-corrected chi connectivity index (χ4v) is 3.42. The van der Waals surface area contributed by atoms with Crippen LogP contribution in [0.3, 0.4) is 0 Å². The maximum absolute atomic E-state index is 3.10. The van der Waals surface area contributed by atoms with Crippen LogP contribution in [0.1, 0.15) is 25.7 Å². The van der Waals surface area contributed by atoms with Gasteiger partial charge in [0.25, 0.3) is 0 Å². The maximum Gasteiger partial charge on any atom is 0.169 e. The van der Waals surface area contributed by atoms with Crippen LogP contribution < -0.4 is 9.88 Å². The second-order valence-corrected chi connectivity index (χ2v) is 6.05. The minimum Gasteiger partial charge on any atom is -0.371 e. The number of piperidine rings is 2. The van der Waals surface area contributed by atoms with Crippen molar-refractivity contribution in [2.45, 2.75) is 25.7 Å². The van der Waals surface area contributed by atoms with Gasteiger partial charge >= 0.3 is 0 Å². The molecule has 0 atom stereocenters. The van der Waals surface area contributed by atoms with E-state index in [1.54, 1.807) is 0 Å². The Morgan fingerprint density at radius 3 is 2.11 bits per heavy atom. The topological polar surface area (TPSA) is 20.6 Å². The quantitative estimate of drug-likeness (QED) is 0.753. The molecule has 0 aromatic carbocycles. The number of rotatable bonds is 1. The van der Waals surface area contributed by atoms with Crippen LogP contribution in [-0.4, -0.2) is 38.1 Å². The van der Waals surface area contributed by atoms with E-state index in [0.29, 0.717) is 5.41 Å². The van der Waals surface area contributed by atoms with Gasteiger partial charge in [-0.05, 0) is 51.2 Å². The van der Waals surface area contributed by atoms with Crippen molar-refractivity contribution in [2.24, 2.45) is 5.41 Å². The summed E-state index contributed by atoms with van der Waals surface area (Å²) in [6.07, 6.45) is 9.60. The molecule has 1 spiro atoms. The first-order valence-electron chi connectivity index (χ1n) is 7.17. The van der Waals surface area contributed by atoms with Gasteiger partial charge in [0.15, 0.2) is 12.4 Å². The zero-order valence-corrected chi connectivity index (χ0v) is 11.4. The first-order valence-corrected chi connectivity index (χ1v) is 7.17. The maximum atomic E-state index is 3.10. The molecule has 0 aliphatic carbocycles. The molecule has 3 heterocycles. The lowest BCUT2D eigenvalue weighted by Crippen LogP contribution is -2.46. The fourth-order valence-electron chi connectivity index (χ4n) is 3.42. The summed E-state index contributed by atoms with van der Waals surface area (Å²) in [5.74, 6) is 0. The molecule has 1 aromatic heterocycles. The average Bonchev–Trinajstić information content (AvgIpc) is 2.44. The summed E-state index contributed by atoms with van der Waals surface area (Å²) in [6.45, 7) is 5.04. The summed E-state index contributed by atoms with van der Waals surface area (Å²) in [4.78, 5) is 8.12. The summed E-state index contributed by atoms with van der Waals surface area (Å²) in [5, 5.41) is 0. The van der Waals surface area contributed by atoms with E-state index < -0.39 is 0 Å². The summed E-state index contributed by atoms with van der Waals surface area (Å²) in [7, 11) is 2.25. The number of aromatic amines is 1. The van der Waals surface area contributed by atoms with Crippen LogP contribution >= 0.6 is 0 Å². The van der Waals surface area contributed by atoms with Crippen molar-refractivity contribution in [1.29, 1.82) is 0 Å². The van der Waals surface area contributed by atoms with Crippen molar-refractivity contribution < 1.29 is 4.98 Å². The molecule has 2 aliphatic rings. The van der Waals surface area contributed by atoms with Gasteiger partial charge in [0.05, 0.1) is 0 Å². The third-order valence-corrected chi connectivity index (χ3v) is 4.94. The molecule has 18 heavy (non-hydrogen) atoms. The van der Waals surface area contributed by atoms with E-state index in [9.17, 15) is 0 Å². The van der Waals surface area contributed by atoms with Gasteiger partial charge in [-0.2, -0.15) is 0 Å². The van der Waals surface area contributed by atoms with Crippen LogP contribution in [0, 0.1) is 5.41 Å². The molecule has 0 radical (unpaired) electrons. The Balaban J connectivity index is 1.61. The summed E-state index contributed by atoms with van der Waals surface area (Å²) >= 11 is 0. The number of nitrogens with zero attached hydrogens (tertiary/aromatic N) is 2. The van der Waals surface area contributed by atoms with Crippen molar-refractivity contribution in [3.63, 3.8) is 0 Å². The highest BCUT2D eigenvalue weighted by Gasteiger charge is 2.36. The van der Waals surface area contributed by atoms with Crippen molar-refractivity contribution in [1.82, 2.24) is 4.90 Å². The van der Waals surface area contributed by atoms with Gasteiger partial charge in [-0.3, -0.25) is 0 Å². The van der Waals surface area contributed by atoms with Crippen molar-refractivity contribution in [3.05, 3.63) is 24.5 Å². The SMILES string of the molecule is CN1CCC2(CC1)CCN(c1cc[nH+]cc1)CC2. The van der Waals surface area contributed by atoms with Gasteiger partial charge in [-0.25, -0.2) is 4.98 Å². The largest absolute Gasteiger partial charge is 0.371 e. The number of likely N-dealkylation sites (tertiary alicyclic amines) is 1. The van der Waals surface area contributed by atoms with Gasteiger partial charge in [-0.15, -0.1) is 0 Å². The monoisotopic (exact) mass is 246 g/mol. The van der Waals surface area contributed by atoms with E-state index in [0.717, 1.165) is 0 Å². The summed E-state index contributed by atoms with van der Waals surface area (Å²) < 4.78 is 0. The lowest BCUT2D eigenvalue weighted by Gasteiger charge is -2.46. The minimum absolute atomic E-state index is 0.657. The van der Waals surface area contributed by atoms with Gasteiger partial charge in [0.2, 0.25) is 0 Å². The van der Waals surface area contributed by atoms with Gasteiger partial charge in [0.1, 0.15) is 0 Å². The lowest BCUT2D eigenvalue weighted by molar-refractivity contribution is -0.377. The van der Waals surface area contributed by atoms with Crippen LogP contribution in [-0.2, 0) is 0 Å². The molecule has 0 bridgehead atoms. The molecule has 3 rings (SSSR count). The Morgan fingerprint density at radius 1 is 0.944 bits per heavy atom. The zero-order valence-electron chi connectivity index (χ0n) is 11.4. The highest BCUT2D eigenvalue weighted by atomic mass is 15.1. The molecule has 0 unspecified atom stereocenters.